The summed E-state index contributed by atoms with van der Waals surface area (Å²) in [5.41, 5.74) is 4.35. The molecule has 0 unspecified atom stereocenters. The summed E-state index contributed by atoms with van der Waals surface area (Å²) in [6.07, 6.45) is 1.91. The average Bonchev–Trinajstić information content (AvgIpc) is 3.47. The molecule has 10 heteroatoms. The number of nitriles is 1. The standard InChI is InChI=1S/C24H20ClN5O3S/c1-13-22(14(2)33-28-13)17-9-18-16(10-20(17)32-3)23-19(11-27-18)29(8-4-7-26)24(31)30(23)12-15-5-6-21(25)34-15/h5-6,9-11H,4,8,12H2,1-3H3. The van der Waals surface area contributed by atoms with Gasteiger partial charge in [0.05, 0.1) is 64.5 Å². The summed E-state index contributed by atoms with van der Waals surface area (Å²) in [4.78, 5) is 19.1. The van der Waals surface area contributed by atoms with Crippen LogP contribution in [0.25, 0.3) is 33.1 Å². The highest BCUT2D eigenvalue weighted by atomic mass is 35.5. The molecule has 8 nitrogen and oxygen atoms in total. The van der Waals surface area contributed by atoms with Crippen LogP contribution in [0.15, 0.2) is 39.8 Å². The number of ether oxygens (including phenoxy) is 1. The lowest BCUT2D eigenvalue weighted by Crippen LogP contribution is -2.24. The Morgan fingerprint density at radius 3 is 2.74 bits per heavy atom. The van der Waals surface area contributed by atoms with Crippen LogP contribution in [0.3, 0.4) is 0 Å². The molecule has 5 rings (SSSR count). The second kappa shape index (κ2) is 8.63. The number of benzene rings is 1. The van der Waals surface area contributed by atoms with E-state index in [0.29, 0.717) is 33.4 Å². The predicted octanol–water partition coefficient (Wildman–Crippen LogP) is 5.31. The summed E-state index contributed by atoms with van der Waals surface area (Å²) < 4.78 is 15.1. The first-order valence-electron chi connectivity index (χ1n) is 10.6. The third kappa shape index (κ3) is 3.56. The second-order valence-electron chi connectivity index (χ2n) is 7.90. The number of fused-ring (bicyclic) bond motifs is 3. The molecule has 4 heterocycles. The molecule has 0 bridgehead atoms. The van der Waals surface area contributed by atoms with Crippen molar-refractivity contribution >= 4 is 44.9 Å². The molecule has 0 aliphatic carbocycles. The van der Waals surface area contributed by atoms with Crippen molar-refractivity contribution in [3.8, 4) is 22.9 Å². The Labute approximate surface area is 203 Å². The van der Waals surface area contributed by atoms with Gasteiger partial charge < -0.3 is 9.26 Å². The summed E-state index contributed by atoms with van der Waals surface area (Å²) in [5, 5.41) is 14.0. The first-order valence-corrected chi connectivity index (χ1v) is 11.8. The van der Waals surface area contributed by atoms with E-state index in [4.69, 9.17) is 26.1 Å². The molecule has 0 saturated carbocycles. The quantitative estimate of drug-likeness (QED) is 0.318. The van der Waals surface area contributed by atoms with E-state index in [2.05, 4.69) is 16.2 Å². The molecule has 0 spiro atoms. The summed E-state index contributed by atoms with van der Waals surface area (Å²) >= 11 is 7.57. The molecule has 0 N–H and O–H groups in total. The minimum Gasteiger partial charge on any atom is -0.496 e. The number of hydrogen-bond donors (Lipinski definition) is 0. The minimum atomic E-state index is -0.196. The monoisotopic (exact) mass is 493 g/mol. The first kappa shape index (κ1) is 22.2. The number of hydrogen-bond acceptors (Lipinski definition) is 7. The lowest BCUT2D eigenvalue weighted by molar-refractivity contribution is 0.393. The van der Waals surface area contributed by atoms with Crippen molar-refractivity contribution in [1.82, 2.24) is 19.3 Å². The summed E-state index contributed by atoms with van der Waals surface area (Å²) in [5.74, 6) is 1.31. The van der Waals surface area contributed by atoms with Gasteiger partial charge >= 0.3 is 5.69 Å². The van der Waals surface area contributed by atoms with Gasteiger partial charge in [-0.25, -0.2) is 4.79 Å². The van der Waals surface area contributed by atoms with Gasteiger partial charge in [-0.15, -0.1) is 11.3 Å². The first-order chi connectivity index (χ1) is 16.4. The van der Waals surface area contributed by atoms with Gasteiger partial charge in [-0.3, -0.25) is 14.1 Å². The highest BCUT2D eigenvalue weighted by molar-refractivity contribution is 7.16. The van der Waals surface area contributed by atoms with Crippen LogP contribution in [0.2, 0.25) is 4.34 Å². The van der Waals surface area contributed by atoms with Gasteiger partial charge in [0.15, 0.2) is 0 Å². The smallest absolute Gasteiger partial charge is 0.329 e. The summed E-state index contributed by atoms with van der Waals surface area (Å²) in [7, 11) is 1.61. The summed E-state index contributed by atoms with van der Waals surface area (Å²) in [6.45, 7) is 4.38. The van der Waals surface area contributed by atoms with Crippen molar-refractivity contribution in [3.05, 3.63) is 61.6 Å². The fourth-order valence-electron chi connectivity index (χ4n) is 4.37. The molecule has 0 amide bonds. The lowest BCUT2D eigenvalue weighted by atomic mass is 10.0. The number of methoxy groups -OCH3 is 1. The van der Waals surface area contributed by atoms with E-state index < -0.39 is 0 Å². The number of rotatable bonds is 6. The highest BCUT2D eigenvalue weighted by Crippen LogP contribution is 2.39. The Morgan fingerprint density at radius 1 is 1.26 bits per heavy atom. The molecule has 0 aliphatic rings. The highest BCUT2D eigenvalue weighted by Gasteiger charge is 2.21. The zero-order valence-electron chi connectivity index (χ0n) is 18.8. The zero-order chi connectivity index (χ0) is 24.0. The molecule has 1 aromatic carbocycles. The van der Waals surface area contributed by atoms with Gasteiger partial charge in [0.1, 0.15) is 11.5 Å². The van der Waals surface area contributed by atoms with Gasteiger partial charge in [-0.05, 0) is 38.1 Å². The Balaban J connectivity index is 1.82. The normalized spacial score (nSPS) is 11.4. The predicted molar refractivity (Wildman–Crippen MR) is 132 cm³/mol. The van der Waals surface area contributed by atoms with Crippen LogP contribution < -0.4 is 10.4 Å². The topological polar surface area (TPSA) is 98.9 Å². The molecule has 4 aromatic heterocycles. The fraction of sp³-hybridized carbons (Fsp3) is 0.250. The van der Waals surface area contributed by atoms with Crippen LogP contribution in [0.1, 0.15) is 22.8 Å². The van der Waals surface area contributed by atoms with Crippen LogP contribution in [0.5, 0.6) is 5.75 Å². The molecule has 34 heavy (non-hydrogen) atoms. The SMILES string of the molecule is COc1cc2c(cc1-c1c(C)noc1C)ncc1c2n(Cc2ccc(Cl)s2)c(=O)n1CCC#N. The number of halogens is 1. The van der Waals surface area contributed by atoms with E-state index in [1.807, 2.05) is 38.1 Å². The second-order valence-corrected chi connectivity index (χ2v) is 9.69. The number of aromatic nitrogens is 4. The third-order valence-electron chi connectivity index (χ3n) is 5.86. The van der Waals surface area contributed by atoms with E-state index >= 15 is 0 Å². The molecule has 5 aromatic rings. The lowest BCUT2D eigenvalue weighted by Gasteiger charge is -2.12. The van der Waals surface area contributed by atoms with Crippen molar-refractivity contribution in [2.75, 3.05) is 7.11 Å². The average molecular weight is 494 g/mol. The maximum atomic E-state index is 13.5. The minimum absolute atomic E-state index is 0.196. The van der Waals surface area contributed by atoms with Crippen LogP contribution in [-0.4, -0.2) is 26.4 Å². The Bertz CT molecular complexity index is 1630. The Morgan fingerprint density at radius 2 is 2.09 bits per heavy atom. The molecule has 172 valence electrons. The number of imidazole rings is 1. The van der Waals surface area contributed by atoms with E-state index in [0.717, 1.165) is 32.6 Å². The van der Waals surface area contributed by atoms with E-state index in [1.54, 1.807) is 22.4 Å². The molecule has 0 atom stereocenters. The third-order valence-corrected chi connectivity index (χ3v) is 7.07. The van der Waals surface area contributed by atoms with Crippen molar-refractivity contribution in [2.24, 2.45) is 0 Å². The van der Waals surface area contributed by atoms with Crippen LogP contribution >= 0.6 is 22.9 Å². The molecular formula is C24H20ClN5O3S. The number of nitrogens with zero attached hydrogens (tertiary/aromatic N) is 5. The van der Waals surface area contributed by atoms with Crippen molar-refractivity contribution < 1.29 is 9.26 Å². The largest absolute Gasteiger partial charge is 0.496 e. The molecule has 0 radical (unpaired) electrons. The van der Waals surface area contributed by atoms with E-state index in [9.17, 15) is 4.79 Å². The van der Waals surface area contributed by atoms with Crippen molar-refractivity contribution in [1.29, 1.82) is 5.26 Å². The fourth-order valence-corrected chi connectivity index (χ4v) is 5.45. The number of aryl methyl sites for hydroxylation is 3. The number of pyridine rings is 1. The molecular weight excluding hydrogens is 474 g/mol. The molecule has 0 saturated heterocycles. The maximum absolute atomic E-state index is 13.5. The van der Waals surface area contributed by atoms with Gasteiger partial charge in [0.25, 0.3) is 0 Å². The van der Waals surface area contributed by atoms with Crippen LogP contribution in [0.4, 0.5) is 0 Å². The van der Waals surface area contributed by atoms with Gasteiger partial charge in [0.2, 0.25) is 0 Å². The Kier molecular flexibility index (Phi) is 5.63. The van der Waals surface area contributed by atoms with Crippen LogP contribution in [0, 0.1) is 25.2 Å². The van der Waals surface area contributed by atoms with Gasteiger partial charge in [0, 0.05) is 22.4 Å². The van der Waals surface area contributed by atoms with Crippen LogP contribution in [-0.2, 0) is 13.1 Å². The molecule has 0 fully saturated rings. The number of thiophene rings is 1. The molecule has 0 aliphatic heterocycles. The van der Waals surface area contributed by atoms with Gasteiger partial charge in [-0.1, -0.05) is 16.8 Å². The van der Waals surface area contributed by atoms with Crippen molar-refractivity contribution in [3.63, 3.8) is 0 Å². The van der Waals surface area contributed by atoms with Crippen molar-refractivity contribution in [2.45, 2.75) is 33.4 Å². The zero-order valence-corrected chi connectivity index (χ0v) is 20.3. The maximum Gasteiger partial charge on any atom is 0.329 e. The Hall–Kier alpha value is -3.61. The van der Waals surface area contributed by atoms with E-state index in [1.165, 1.54) is 11.3 Å². The van der Waals surface area contributed by atoms with Gasteiger partial charge in [-0.2, -0.15) is 5.26 Å². The van der Waals surface area contributed by atoms with E-state index in [-0.39, 0.29) is 18.7 Å². The summed E-state index contributed by atoms with van der Waals surface area (Å²) in [6, 6.07) is 9.69.